The molecule has 0 heterocycles. The SMILES string of the molecule is N#Cc1ccc(Nc2cccc(I)c2)c(Cl)c1. The smallest absolute Gasteiger partial charge is 0.0992 e. The molecular formula is C13H8ClIN2. The van der Waals surface area contributed by atoms with E-state index < -0.39 is 0 Å². The number of nitrogens with one attached hydrogen (secondary N) is 1. The van der Waals surface area contributed by atoms with Crippen LogP contribution in [-0.2, 0) is 0 Å². The van der Waals surface area contributed by atoms with Gasteiger partial charge in [0.25, 0.3) is 0 Å². The molecule has 0 fully saturated rings. The van der Waals surface area contributed by atoms with E-state index in [0.717, 1.165) is 14.9 Å². The largest absolute Gasteiger partial charge is 0.354 e. The van der Waals surface area contributed by atoms with Gasteiger partial charge in [-0.05, 0) is 59.0 Å². The summed E-state index contributed by atoms with van der Waals surface area (Å²) < 4.78 is 1.15. The molecule has 2 aromatic rings. The third kappa shape index (κ3) is 3.11. The molecule has 0 amide bonds. The standard InChI is InChI=1S/C13H8ClIN2/c14-12-6-9(8-16)4-5-13(12)17-11-3-1-2-10(15)7-11/h1-7,17H. The molecule has 0 atom stereocenters. The number of hydrogen-bond donors (Lipinski definition) is 1. The van der Waals surface area contributed by atoms with Gasteiger partial charge in [-0.25, -0.2) is 0 Å². The zero-order valence-electron chi connectivity index (χ0n) is 8.74. The summed E-state index contributed by atoms with van der Waals surface area (Å²) >= 11 is 8.33. The Labute approximate surface area is 118 Å². The molecule has 0 aliphatic heterocycles. The van der Waals surface area contributed by atoms with Crippen molar-refractivity contribution in [3.05, 3.63) is 56.6 Å². The van der Waals surface area contributed by atoms with Crippen LogP contribution in [-0.4, -0.2) is 0 Å². The normalized spacial score (nSPS) is 9.71. The van der Waals surface area contributed by atoms with Gasteiger partial charge in [-0.1, -0.05) is 17.7 Å². The van der Waals surface area contributed by atoms with Crippen molar-refractivity contribution in [2.75, 3.05) is 5.32 Å². The number of benzene rings is 2. The van der Waals surface area contributed by atoms with Gasteiger partial charge in [0, 0.05) is 9.26 Å². The van der Waals surface area contributed by atoms with E-state index >= 15 is 0 Å². The minimum Gasteiger partial charge on any atom is -0.354 e. The highest BCUT2D eigenvalue weighted by Crippen LogP contribution is 2.26. The van der Waals surface area contributed by atoms with Crippen LogP contribution >= 0.6 is 34.2 Å². The highest BCUT2D eigenvalue weighted by atomic mass is 127. The van der Waals surface area contributed by atoms with E-state index in [9.17, 15) is 0 Å². The number of nitriles is 1. The van der Waals surface area contributed by atoms with Crippen molar-refractivity contribution < 1.29 is 0 Å². The fourth-order valence-electron chi connectivity index (χ4n) is 1.41. The summed E-state index contributed by atoms with van der Waals surface area (Å²) in [4.78, 5) is 0. The maximum absolute atomic E-state index is 8.75. The number of halogens is 2. The molecular weight excluding hydrogens is 347 g/mol. The van der Waals surface area contributed by atoms with Gasteiger partial charge in [0.05, 0.1) is 22.3 Å². The van der Waals surface area contributed by atoms with Gasteiger partial charge in [-0.2, -0.15) is 5.26 Å². The quantitative estimate of drug-likeness (QED) is 0.803. The lowest BCUT2D eigenvalue weighted by Gasteiger charge is -2.08. The maximum Gasteiger partial charge on any atom is 0.0992 e. The van der Waals surface area contributed by atoms with Gasteiger partial charge in [-0.15, -0.1) is 0 Å². The number of rotatable bonds is 2. The maximum atomic E-state index is 8.75. The summed E-state index contributed by atoms with van der Waals surface area (Å²) in [6.45, 7) is 0. The van der Waals surface area contributed by atoms with E-state index in [1.165, 1.54) is 0 Å². The summed E-state index contributed by atoms with van der Waals surface area (Å²) in [5.74, 6) is 0. The second-order valence-electron chi connectivity index (χ2n) is 3.44. The van der Waals surface area contributed by atoms with Crippen LogP contribution in [0.5, 0.6) is 0 Å². The Morgan fingerprint density at radius 3 is 2.65 bits per heavy atom. The molecule has 0 unspecified atom stereocenters. The number of hydrogen-bond acceptors (Lipinski definition) is 2. The van der Waals surface area contributed by atoms with Crippen molar-refractivity contribution in [1.82, 2.24) is 0 Å². The lowest BCUT2D eigenvalue weighted by Crippen LogP contribution is -1.91. The predicted molar refractivity (Wildman–Crippen MR) is 78.6 cm³/mol. The van der Waals surface area contributed by atoms with Crippen molar-refractivity contribution in [2.45, 2.75) is 0 Å². The molecule has 17 heavy (non-hydrogen) atoms. The van der Waals surface area contributed by atoms with E-state index in [2.05, 4.69) is 34.0 Å². The first-order chi connectivity index (χ1) is 8.19. The average molecular weight is 355 g/mol. The molecule has 1 N–H and O–H groups in total. The monoisotopic (exact) mass is 354 g/mol. The third-order valence-corrected chi connectivity index (χ3v) is 3.19. The first kappa shape index (κ1) is 12.2. The molecule has 0 radical (unpaired) electrons. The van der Waals surface area contributed by atoms with Gasteiger partial charge in [0.15, 0.2) is 0 Å². The van der Waals surface area contributed by atoms with Crippen LogP contribution in [0.25, 0.3) is 0 Å². The molecule has 0 bridgehead atoms. The molecule has 0 spiro atoms. The molecule has 84 valence electrons. The van der Waals surface area contributed by atoms with E-state index in [4.69, 9.17) is 16.9 Å². The molecule has 0 saturated carbocycles. The zero-order valence-corrected chi connectivity index (χ0v) is 11.7. The zero-order chi connectivity index (χ0) is 12.3. The molecule has 2 rings (SSSR count). The summed E-state index contributed by atoms with van der Waals surface area (Å²) in [7, 11) is 0. The van der Waals surface area contributed by atoms with Crippen LogP contribution in [0.1, 0.15) is 5.56 Å². The molecule has 0 aliphatic carbocycles. The predicted octanol–water partition coefficient (Wildman–Crippen LogP) is 4.56. The van der Waals surface area contributed by atoms with Crippen molar-refractivity contribution in [2.24, 2.45) is 0 Å². The van der Waals surface area contributed by atoms with Crippen molar-refractivity contribution in [3.63, 3.8) is 0 Å². The van der Waals surface area contributed by atoms with Crippen LogP contribution in [0.2, 0.25) is 5.02 Å². The van der Waals surface area contributed by atoms with Crippen molar-refractivity contribution in [1.29, 1.82) is 5.26 Å². The van der Waals surface area contributed by atoms with Crippen LogP contribution in [0.15, 0.2) is 42.5 Å². The van der Waals surface area contributed by atoms with E-state index in [0.29, 0.717) is 10.6 Å². The molecule has 0 saturated heterocycles. The van der Waals surface area contributed by atoms with Gasteiger partial charge < -0.3 is 5.32 Å². The second kappa shape index (κ2) is 5.39. The summed E-state index contributed by atoms with van der Waals surface area (Å²) in [5.41, 5.74) is 2.33. The van der Waals surface area contributed by atoms with Crippen LogP contribution in [0, 0.1) is 14.9 Å². The average Bonchev–Trinajstić information content (AvgIpc) is 2.32. The lowest BCUT2D eigenvalue weighted by atomic mass is 10.2. The highest BCUT2D eigenvalue weighted by Gasteiger charge is 2.02. The molecule has 2 aromatic carbocycles. The molecule has 0 aliphatic rings. The first-order valence-corrected chi connectivity index (χ1v) is 6.37. The Balaban J connectivity index is 2.28. The van der Waals surface area contributed by atoms with Gasteiger partial charge in [-0.3, -0.25) is 0 Å². The van der Waals surface area contributed by atoms with Gasteiger partial charge in [0.1, 0.15) is 0 Å². The van der Waals surface area contributed by atoms with Crippen LogP contribution in [0.3, 0.4) is 0 Å². The Kier molecular flexibility index (Phi) is 3.87. The fourth-order valence-corrected chi connectivity index (χ4v) is 2.18. The lowest BCUT2D eigenvalue weighted by molar-refractivity contribution is 1.47. The van der Waals surface area contributed by atoms with Crippen LogP contribution in [0.4, 0.5) is 11.4 Å². The highest BCUT2D eigenvalue weighted by molar-refractivity contribution is 14.1. The van der Waals surface area contributed by atoms with E-state index in [1.54, 1.807) is 18.2 Å². The Bertz CT molecular complexity index is 590. The van der Waals surface area contributed by atoms with Gasteiger partial charge in [0.2, 0.25) is 0 Å². The minimum atomic E-state index is 0.544. The topological polar surface area (TPSA) is 35.8 Å². The summed E-state index contributed by atoms with van der Waals surface area (Å²) in [6, 6.07) is 15.2. The van der Waals surface area contributed by atoms with E-state index in [1.807, 2.05) is 24.3 Å². The second-order valence-corrected chi connectivity index (χ2v) is 5.09. The number of anilines is 2. The third-order valence-electron chi connectivity index (χ3n) is 2.20. The van der Waals surface area contributed by atoms with Crippen LogP contribution < -0.4 is 5.32 Å². The van der Waals surface area contributed by atoms with Crippen molar-refractivity contribution >= 4 is 45.6 Å². The molecule has 4 heteroatoms. The fraction of sp³-hybridized carbons (Fsp3) is 0. The first-order valence-electron chi connectivity index (χ1n) is 4.91. The minimum absolute atomic E-state index is 0.544. The molecule has 2 nitrogen and oxygen atoms in total. The summed E-state index contributed by atoms with van der Waals surface area (Å²) in [6.07, 6.45) is 0. The number of nitrogens with zero attached hydrogens (tertiary/aromatic N) is 1. The Morgan fingerprint density at radius 1 is 1.18 bits per heavy atom. The van der Waals surface area contributed by atoms with Crippen molar-refractivity contribution in [3.8, 4) is 6.07 Å². The Morgan fingerprint density at radius 2 is 2.00 bits per heavy atom. The van der Waals surface area contributed by atoms with E-state index in [-0.39, 0.29) is 0 Å². The summed E-state index contributed by atoms with van der Waals surface area (Å²) in [5, 5.41) is 12.5. The Hall–Kier alpha value is -1.25. The van der Waals surface area contributed by atoms with Gasteiger partial charge >= 0.3 is 0 Å². The molecule has 0 aromatic heterocycles.